The highest BCUT2D eigenvalue weighted by Gasteiger charge is 2.39. The van der Waals surface area contributed by atoms with Crippen LogP contribution in [-0.4, -0.2) is 25.7 Å². The fourth-order valence-electron chi connectivity index (χ4n) is 2.49. The Labute approximate surface area is 109 Å². The highest BCUT2D eigenvalue weighted by atomic mass is 16.5. The van der Waals surface area contributed by atoms with Crippen LogP contribution >= 0.6 is 0 Å². The summed E-state index contributed by atoms with van der Waals surface area (Å²) in [5, 5.41) is 12.1. The Morgan fingerprint density at radius 1 is 1.33 bits per heavy atom. The molecule has 0 atom stereocenters. The molecule has 2 aliphatic carbocycles. The molecule has 0 saturated heterocycles. The minimum Gasteiger partial charge on any atom is -0.379 e. The number of nitrogens with zero attached hydrogens (tertiary/aromatic N) is 1. The van der Waals surface area contributed by atoms with Gasteiger partial charge in [-0.3, -0.25) is 4.79 Å². The second-order valence-electron chi connectivity index (χ2n) is 5.53. The van der Waals surface area contributed by atoms with Crippen LogP contribution in [0, 0.1) is 22.7 Å². The number of hydrogen-bond donors (Lipinski definition) is 1. The standard InChI is InChI=1S/C14H22N2O2/c15-11-14(6-2-1-3-7-14)13(17)16-8-9-18-10-12-4-5-12/h12H,1-10H2,(H,16,17). The quantitative estimate of drug-likeness (QED) is 0.733. The summed E-state index contributed by atoms with van der Waals surface area (Å²) in [4.78, 5) is 12.1. The van der Waals surface area contributed by atoms with Crippen molar-refractivity contribution in [3.63, 3.8) is 0 Å². The van der Waals surface area contributed by atoms with Crippen LogP contribution < -0.4 is 5.32 Å². The second kappa shape index (κ2) is 6.19. The van der Waals surface area contributed by atoms with Crippen molar-refractivity contribution in [3.05, 3.63) is 0 Å². The van der Waals surface area contributed by atoms with Crippen LogP contribution in [0.5, 0.6) is 0 Å². The SMILES string of the molecule is N#CC1(C(=O)NCCOCC2CC2)CCCCC1. The average molecular weight is 250 g/mol. The topological polar surface area (TPSA) is 62.1 Å². The van der Waals surface area contributed by atoms with Gasteiger partial charge >= 0.3 is 0 Å². The van der Waals surface area contributed by atoms with Crippen molar-refractivity contribution >= 4 is 5.91 Å². The molecule has 2 aliphatic rings. The maximum absolute atomic E-state index is 12.1. The lowest BCUT2D eigenvalue weighted by Gasteiger charge is -2.29. The lowest BCUT2D eigenvalue weighted by atomic mass is 9.74. The van der Waals surface area contributed by atoms with E-state index in [1.54, 1.807) is 0 Å². The van der Waals surface area contributed by atoms with Crippen LogP contribution in [0.15, 0.2) is 0 Å². The third-order valence-corrected chi connectivity index (χ3v) is 3.94. The van der Waals surface area contributed by atoms with Gasteiger partial charge in [0.2, 0.25) is 5.91 Å². The summed E-state index contributed by atoms with van der Waals surface area (Å²) in [6.07, 6.45) is 7.09. The number of carbonyl (C=O) groups is 1. The number of rotatable bonds is 6. The Morgan fingerprint density at radius 2 is 2.06 bits per heavy atom. The molecule has 0 heterocycles. The zero-order chi connectivity index (χ0) is 12.8. The first-order valence-corrected chi connectivity index (χ1v) is 7.04. The van der Waals surface area contributed by atoms with E-state index in [0.29, 0.717) is 26.0 Å². The first-order valence-electron chi connectivity index (χ1n) is 7.04. The highest BCUT2D eigenvalue weighted by Crippen LogP contribution is 2.35. The van der Waals surface area contributed by atoms with Crippen molar-refractivity contribution in [1.29, 1.82) is 5.26 Å². The van der Waals surface area contributed by atoms with Crippen LogP contribution in [0.1, 0.15) is 44.9 Å². The van der Waals surface area contributed by atoms with Gasteiger partial charge in [0.05, 0.1) is 12.7 Å². The van der Waals surface area contributed by atoms with E-state index in [1.807, 2.05) is 0 Å². The van der Waals surface area contributed by atoms with Crippen LogP contribution in [0.4, 0.5) is 0 Å². The molecule has 0 aromatic carbocycles. The molecule has 2 rings (SSSR count). The van der Waals surface area contributed by atoms with E-state index in [9.17, 15) is 10.1 Å². The molecule has 0 bridgehead atoms. The Kier molecular flexibility index (Phi) is 4.60. The molecule has 1 amide bonds. The molecule has 1 N–H and O–H groups in total. The van der Waals surface area contributed by atoms with E-state index in [2.05, 4.69) is 11.4 Å². The van der Waals surface area contributed by atoms with E-state index in [4.69, 9.17) is 4.74 Å². The fraction of sp³-hybridized carbons (Fsp3) is 0.857. The molecule has 0 unspecified atom stereocenters. The van der Waals surface area contributed by atoms with E-state index in [-0.39, 0.29) is 5.91 Å². The van der Waals surface area contributed by atoms with Gasteiger partial charge in [-0.1, -0.05) is 19.3 Å². The maximum atomic E-state index is 12.1. The smallest absolute Gasteiger partial charge is 0.240 e. The third kappa shape index (κ3) is 3.46. The van der Waals surface area contributed by atoms with Gasteiger partial charge in [-0.2, -0.15) is 5.26 Å². The first-order chi connectivity index (χ1) is 8.77. The largest absolute Gasteiger partial charge is 0.379 e. The summed E-state index contributed by atoms with van der Waals surface area (Å²) in [5.74, 6) is 0.657. The lowest BCUT2D eigenvalue weighted by Crippen LogP contribution is -2.42. The number of hydrogen-bond acceptors (Lipinski definition) is 3. The van der Waals surface area contributed by atoms with Crippen molar-refractivity contribution in [2.24, 2.45) is 11.3 Å². The predicted molar refractivity (Wildman–Crippen MR) is 67.7 cm³/mol. The molecule has 0 aliphatic heterocycles. The molecular weight excluding hydrogens is 228 g/mol. The number of nitrogens with one attached hydrogen (secondary N) is 1. The van der Waals surface area contributed by atoms with E-state index in [0.717, 1.165) is 31.8 Å². The van der Waals surface area contributed by atoms with Crippen molar-refractivity contribution < 1.29 is 9.53 Å². The molecule has 2 fully saturated rings. The van der Waals surface area contributed by atoms with E-state index < -0.39 is 5.41 Å². The van der Waals surface area contributed by atoms with Gasteiger partial charge in [0.25, 0.3) is 0 Å². The number of ether oxygens (including phenoxy) is 1. The number of amides is 1. The summed E-state index contributed by atoms with van der Waals surface area (Å²) in [7, 11) is 0. The van der Waals surface area contributed by atoms with Crippen molar-refractivity contribution in [1.82, 2.24) is 5.32 Å². The van der Waals surface area contributed by atoms with Gasteiger partial charge in [0.1, 0.15) is 5.41 Å². The minimum absolute atomic E-state index is 0.0975. The van der Waals surface area contributed by atoms with Crippen LogP contribution in [0.25, 0.3) is 0 Å². The van der Waals surface area contributed by atoms with Crippen LogP contribution in [-0.2, 0) is 9.53 Å². The number of carbonyl (C=O) groups excluding carboxylic acids is 1. The molecular formula is C14H22N2O2. The van der Waals surface area contributed by atoms with Crippen molar-refractivity contribution in [3.8, 4) is 6.07 Å². The molecule has 4 heteroatoms. The highest BCUT2D eigenvalue weighted by molar-refractivity contribution is 5.85. The van der Waals surface area contributed by atoms with Gasteiger partial charge in [0.15, 0.2) is 0 Å². The third-order valence-electron chi connectivity index (χ3n) is 3.94. The van der Waals surface area contributed by atoms with Gasteiger partial charge in [-0.05, 0) is 31.6 Å². The lowest BCUT2D eigenvalue weighted by molar-refractivity contribution is -0.129. The molecule has 0 aromatic rings. The Bertz CT molecular complexity index is 325. The summed E-state index contributed by atoms with van der Waals surface area (Å²) >= 11 is 0. The van der Waals surface area contributed by atoms with Gasteiger partial charge in [0, 0.05) is 13.2 Å². The fourth-order valence-corrected chi connectivity index (χ4v) is 2.49. The van der Waals surface area contributed by atoms with Gasteiger partial charge in [-0.25, -0.2) is 0 Å². The van der Waals surface area contributed by atoms with E-state index in [1.165, 1.54) is 12.8 Å². The Morgan fingerprint density at radius 3 is 2.67 bits per heavy atom. The Balaban J connectivity index is 1.66. The monoisotopic (exact) mass is 250 g/mol. The predicted octanol–water partition coefficient (Wildman–Crippen LogP) is 2.00. The first kappa shape index (κ1) is 13.4. The van der Waals surface area contributed by atoms with Gasteiger partial charge < -0.3 is 10.1 Å². The second-order valence-corrected chi connectivity index (χ2v) is 5.53. The normalized spacial score (nSPS) is 22.2. The molecule has 4 nitrogen and oxygen atoms in total. The van der Waals surface area contributed by atoms with Crippen LogP contribution in [0.2, 0.25) is 0 Å². The summed E-state index contributed by atoms with van der Waals surface area (Å²) in [5.41, 5.74) is -0.769. The Hall–Kier alpha value is -1.08. The maximum Gasteiger partial charge on any atom is 0.240 e. The van der Waals surface area contributed by atoms with Gasteiger partial charge in [-0.15, -0.1) is 0 Å². The summed E-state index contributed by atoms with van der Waals surface area (Å²) in [6.45, 7) is 1.90. The zero-order valence-corrected chi connectivity index (χ0v) is 10.9. The number of nitriles is 1. The minimum atomic E-state index is -0.769. The molecule has 18 heavy (non-hydrogen) atoms. The zero-order valence-electron chi connectivity index (χ0n) is 10.9. The van der Waals surface area contributed by atoms with Crippen molar-refractivity contribution in [2.75, 3.05) is 19.8 Å². The molecule has 100 valence electrons. The molecule has 0 spiro atoms. The average Bonchev–Trinajstić information content (AvgIpc) is 3.23. The molecule has 0 radical (unpaired) electrons. The summed E-state index contributed by atoms with van der Waals surface area (Å²) in [6, 6.07) is 2.23. The van der Waals surface area contributed by atoms with Crippen LogP contribution in [0.3, 0.4) is 0 Å². The molecule has 0 aromatic heterocycles. The van der Waals surface area contributed by atoms with Crippen molar-refractivity contribution in [2.45, 2.75) is 44.9 Å². The molecule has 2 saturated carbocycles. The van der Waals surface area contributed by atoms with E-state index >= 15 is 0 Å². The summed E-state index contributed by atoms with van der Waals surface area (Å²) < 4.78 is 5.46.